The number of hydrogen-bond acceptors (Lipinski definition) is 3. The molecule has 0 fully saturated rings. The third kappa shape index (κ3) is 8.79. The van der Waals surface area contributed by atoms with E-state index in [2.05, 4.69) is 6.92 Å². The van der Waals surface area contributed by atoms with Crippen LogP contribution in [0.1, 0.15) is 66.2 Å². The predicted octanol–water partition coefficient (Wildman–Crippen LogP) is 4.77. The second-order valence-corrected chi connectivity index (χ2v) is 11.2. The Bertz CT molecular complexity index is 159. The van der Waals surface area contributed by atoms with Crippen LogP contribution in [0, 0.1) is 0 Å². The molecule has 4 heteroatoms. The van der Waals surface area contributed by atoms with E-state index in [-0.39, 0.29) is 0 Å². The second-order valence-electron chi connectivity index (χ2n) is 4.50. The van der Waals surface area contributed by atoms with Gasteiger partial charge in [0.1, 0.15) is 0 Å². The summed E-state index contributed by atoms with van der Waals surface area (Å²) in [6, 6.07) is 0. The molecule has 0 radical (unpaired) electrons. The van der Waals surface area contributed by atoms with Gasteiger partial charge in [-0.1, -0.05) is 0 Å². The third-order valence-electron chi connectivity index (χ3n) is 2.93. The summed E-state index contributed by atoms with van der Waals surface area (Å²) in [5, 5.41) is 0. The van der Waals surface area contributed by atoms with Gasteiger partial charge in [-0.2, -0.15) is 0 Å². The van der Waals surface area contributed by atoms with Crippen molar-refractivity contribution in [3.8, 4) is 0 Å². The van der Waals surface area contributed by atoms with E-state index >= 15 is 0 Å². The molecule has 0 aromatic rings. The average Bonchev–Trinajstić information content (AvgIpc) is 2.35. The maximum absolute atomic E-state index is 5.90. The summed E-state index contributed by atoms with van der Waals surface area (Å²) in [6.45, 7) is 10.5. The van der Waals surface area contributed by atoms with Crippen molar-refractivity contribution in [2.24, 2.45) is 0 Å². The van der Waals surface area contributed by atoms with E-state index in [0.717, 1.165) is 4.13 Å². The molecule has 0 atom stereocenters. The van der Waals surface area contributed by atoms with Crippen LogP contribution >= 0.6 is 0 Å². The first-order valence-electron chi connectivity index (χ1n) is 7.66. The number of hydrogen-bond donors (Lipinski definition) is 0. The van der Waals surface area contributed by atoms with Gasteiger partial charge in [0.05, 0.1) is 0 Å². The fourth-order valence-corrected chi connectivity index (χ4v) is 8.72. The van der Waals surface area contributed by atoms with Crippen LogP contribution in [0.3, 0.4) is 0 Å². The van der Waals surface area contributed by atoms with Gasteiger partial charge in [-0.05, 0) is 0 Å². The summed E-state index contributed by atoms with van der Waals surface area (Å²) in [4.78, 5) is 0. The van der Waals surface area contributed by atoms with Gasteiger partial charge in [0.2, 0.25) is 0 Å². The van der Waals surface area contributed by atoms with Crippen molar-refractivity contribution >= 4 is 0 Å². The summed E-state index contributed by atoms with van der Waals surface area (Å²) >= 11 is -3.16. The van der Waals surface area contributed by atoms with Crippen molar-refractivity contribution in [2.75, 3.05) is 19.8 Å². The molecule has 0 bridgehead atoms. The van der Waals surface area contributed by atoms with Crippen molar-refractivity contribution in [1.29, 1.82) is 0 Å². The maximum atomic E-state index is 5.90. The Morgan fingerprint density at radius 3 is 1.50 bits per heavy atom. The molecular weight excluding hydrogens is 307 g/mol. The van der Waals surface area contributed by atoms with Crippen LogP contribution in [0.5, 0.6) is 0 Å². The van der Waals surface area contributed by atoms with E-state index in [9.17, 15) is 0 Å². The van der Waals surface area contributed by atoms with Gasteiger partial charge in [0, 0.05) is 0 Å². The molecule has 0 saturated carbocycles. The number of rotatable bonds is 13. The summed E-state index contributed by atoms with van der Waals surface area (Å²) in [6.07, 6.45) is 7.83. The molecule has 0 aliphatic rings. The second kappa shape index (κ2) is 12.8. The van der Waals surface area contributed by atoms with Gasteiger partial charge in [0.15, 0.2) is 0 Å². The molecule has 0 aromatic carbocycles. The van der Waals surface area contributed by atoms with Crippen LogP contribution in [-0.4, -0.2) is 19.8 Å². The zero-order valence-corrected chi connectivity index (χ0v) is 15.3. The first-order valence-corrected chi connectivity index (χ1v) is 12.4. The molecule has 0 aliphatic heterocycles. The third-order valence-corrected chi connectivity index (χ3v) is 10.7. The van der Waals surface area contributed by atoms with Crippen LogP contribution in [0.4, 0.5) is 0 Å². The molecule has 3 nitrogen and oxygen atoms in total. The van der Waals surface area contributed by atoms with Gasteiger partial charge in [-0.25, -0.2) is 0 Å². The topological polar surface area (TPSA) is 27.7 Å². The van der Waals surface area contributed by atoms with Gasteiger partial charge in [-0.15, -0.1) is 0 Å². The SMILES string of the molecule is CCCCCCC[CH2][Zr]([O]CC)([O]CC)[O]CC. The minimum absolute atomic E-state index is 0.714. The first kappa shape index (κ1) is 18.8. The Balaban J connectivity index is 3.97. The van der Waals surface area contributed by atoms with Gasteiger partial charge in [-0.3, -0.25) is 0 Å². The molecule has 0 saturated heterocycles. The number of unbranched alkanes of at least 4 members (excludes halogenated alkanes) is 5. The molecule has 0 spiro atoms. The summed E-state index contributed by atoms with van der Waals surface area (Å²) < 4.78 is 18.7. The van der Waals surface area contributed by atoms with Gasteiger partial charge >= 0.3 is 120 Å². The molecule has 0 rings (SSSR count). The Hall–Kier alpha value is 0.763. The molecule has 110 valence electrons. The molecule has 0 heterocycles. The zero-order valence-electron chi connectivity index (χ0n) is 12.8. The fraction of sp³-hybridized carbons (Fsp3) is 1.00. The Morgan fingerprint density at radius 2 is 1.06 bits per heavy atom. The predicted molar refractivity (Wildman–Crippen MR) is 73.1 cm³/mol. The van der Waals surface area contributed by atoms with E-state index in [0.29, 0.717) is 19.8 Å². The summed E-state index contributed by atoms with van der Waals surface area (Å²) in [5.41, 5.74) is 0. The van der Waals surface area contributed by atoms with Crippen molar-refractivity contribution < 1.29 is 30.0 Å². The van der Waals surface area contributed by atoms with Crippen LogP contribution in [0.2, 0.25) is 4.13 Å². The van der Waals surface area contributed by atoms with Crippen molar-refractivity contribution in [3.63, 3.8) is 0 Å². The molecule has 0 aromatic heterocycles. The zero-order chi connectivity index (χ0) is 13.7. The molecule has 0 amide bonds. The minimum atomic E-state index is -3.16. The van der Waals surface area contributed by atoms with Gasteiger partial charge < -0.3 is 0 Å². The van der Waals surface area contributed by atoms with E-state index in [1.807, 2.05) is 20.8 Å². The van der Waals surface area contributed by atoms with Crippen LogP contribution < -0.4 is 0 Å². The van der Waals surface area contributed by atoms with Crippen molar-refractivity contribution in [3.05, 3.63) is 0 Å². The van der Waals surface area contributed by atoms with E-state index in [4.69, 9.17) is 8.44 Å². The molecular formula is C14H32O3Zr. The van der Waals surface area contributed by atoms with Crippen LogP contribution in [0.15, 0.2) is 0 Å². The Labute approximate surface area is 120 Å². The summed E-state index contributed by atoms with van der Waals surface area (Å²) in [7, 11) is 0. The van der Waals surface area contributed by atoms with Crippen LogP contribution in [-0.2, 0) is 30.0 Å². The first-order chi connectivity index (χ1) is 8.74. The molecule has 0 N–H and O–H groups in total. The van der Waals surface area contributed by atoms with Crippen molar-refractivity contribution in [1.82, 2.24) is 0 Å². The van der Waals surface area contributed by atoms with Gasteiger partial charge in [0.25, 0.3) is 0 Å². The molecule has 18 heavy (non-hydrogen) atoms. The summed E-state index contributed by atoms with van der Waals surface area (Å²) in [5.74, 6) is 0. The van der Waals surface area contributed by atoms with E-state index in [1.54, 1.807) is 0 Å². The van der Waals surface area contributed by atoms with Crippen molar-refractivity contribution in [2.45, 2.75) is 70.3 Å². The van der Waals surface area contributed by atoms with Crippen LogP contribution in [0.25, 0.3) is 0 Å². The monoisotopic (exact) mass is 338 g/mol. The molecule has 0 aliphatic carbocycles. The Morgan fingerprint density at radius 1 is 0.611 bits per heavy atom. The Kier molecular flexibility index (Phi) is 13.3. The average molecular weight is 340 g/mol. The fourth-order valence-electron chi connectivity index (χ4n) is 2.12. The van der Waals surface area contributed by atoms with E-state index < -0.39 is 21.6 Å². The standard InChI is InChI=1S/C8H17.3C2H5O.Zr/c1-3-5-7-8-6-4-2;3*1-2-3;/h1,3-8H2,2H3;3*2H2,1H3;/q;3*-1;+3. The van der Waals surface area contributed by atoms with E-state index in [1.165, 1.54) is 38.5 Å². The molecule has 0 unspecified atom stereocenters. The normalized spacial score (nSPS) is 12.0. The quantitative estimate of drug-likeness (QED) is 0.452.